The van der Waals surface area contributed by atoms with Crippen LogP contribution in [0.2, 0.25) is 0 Å². The second kappa shape index (κ2) is 11.5. The number of aromatic nitrogens is 3. The molecule has 0 amide bonds. The lowest BCUT2D eigenvalue weighted by Crippen LogP contribution is -2.32. The van der Waals surface area contributed by atoms with Gasteiger partial charge in [-0.1, -0.05) is 145 Å². The number of fused-ring (bicyclic) bond motifs is 9. The van der Waals surface area contributed by atoms with Gasteiger partial charge in [0.1, 0.15) is 0 Å². The summed E-state index contributed by atoms with van der Waals surface area (Å²) in [6.45, 7) is 0. The first-order chi connectivity index (χ1) is 24.8. The maximum absolute atomic E-state index is 5.04. The van der Waals surface area contributed by atoms with E-state index in [1.54, 1.807) is 0 Å². The molecule has 4 heteroatoms. The summed E-state index contributed by atoms with van der Waals surface area (Å²) in [6.07, 6.45) is 1.91. The summed E-state index contributed by atoms with van der Waals surface area (Å²) < 4.78 is 0. The van der Waals surface area contributed by atoms with Crippen molar-refractivity contribution in [3.05, 3.63) is 198 Å². The summed E-state index contributed by atoms with van der Waals surface area (Å²) in [5.41, 5.74) is 14.2. The Morgan fingerprint density at radius 1 is 0.380 bits per heavy atom. The van der Waals surface area contributed by atoms with E-state index in [0.29, 0.717) is 5.82 Å². The Morgan fingerprint density at radius 2 is 0.920 bits per heavy atom. The Balaban J connectivity index is 1.11. The van der Waals surface area contributed by atoms with Crippen LogP contribution in [0.15, 0.2) is 186 Å². The molecule has 0 radical (unpaired) electrons. The molecule has 234 valence electrons. The summed E-state index contributed by atoms with van der Waals surface area (Å²) in [6, 6.07) is 60.4. The van der Waals surface area contributed by atoms with Crippen LogP contribution in [0.4, 0.5) is 0 Å². The molecule has 0 atom stereocenters. The van der Waals surface area contributed by atoms with Crippen molar-refractivity contribution < 1.29 is 0 Å². The van der Waals surface area contributed by atoms with Gasteiger partial charge in [0.25, 0.3) is 0 Å². The van der Waals surface area contributed by atoms with E-state index in [9.17, 15) is 0 Å². The van der Waals surface area contributed by atoms with E-state index in [0.717, 1.165) is 39.3 Å². The van der Waals surface area contributed by atoms with Gasteiger partial charge in [-0.05, 0) is 69.8 Å². The third kappa shape index (κ3) is 4.42. The van der Waals surface area contributed by atoms with Crippen molar-refractivity contribution in [3.8, 4) is 56.3 Å². The number of benzene rings is 6. The molecule has 0 saturated carbocycles. The van der Waals surface area contributed by atoms with Gasteiger partial charge in [-0.25, -0.2) is 9.97 Å². The van der Waals surface area contributed by atoms with Crippen molar-refractivity contribution in [1.29, 1.82) is 0 Å². The Kier molecular flexibility index (Phi) is 6.64. The van der Waals surface area contributed by atoms with Crippen LogP contribution in [0.25, 0.3) is 56.3 Å². The van der Waals surface area contributed by atoms with Crippen LogP contribution in [-0.4, -0.2) is 15.0 Å². The highest BCUT2D eigenvalue weighted by Gasteiger charge is 2.50. The Labute approximate surface area is 295 Å². The molecule has 1 aliphatic carbocycles. The topological polar surface area (TPSA) is 38.7 Å². The average Bonchev–Trinajstić information content (AvgIpc) is 3.49. The minimum Gasteiger partial charge on any atom is -0.255 e. The van der Waals surface area contributed by atoms with Crippen LogP contribution in [-0.2, 0) is 5.41 Å². The monoisotopic (exact) mass is 655 g/mol. The van der Waals surface area contributed by atoms with E-state index >= 15 is 0 Å². The van der Waals surface area contributed by atoms with Crippen LogP contribution in [0.5, 0.6) is 0 Å². The zero-order valence-corrected chi connectivity index (χ0v) is 27.8. The van der Waals surface area contributed by atoms with E-state index in [-0.39, 0.29) is 0 Å². The standard InChI is InChI=1S/C46H29N3S/c1-3-13-30(14-4-1)41-28-42(31-15-5-2-6-16-31)49-45(48-41)33-23-25-40(47-29-33)32-24-26-44-39(27-32)46(38-21-11-12-22-43(38)50-44)36-19-9-7-17-34(36)35-18-8-10-20-37(35)46/h1-29H. The molecular formula is C46H29N3S. The highest BCUT2D eigenvalue weighted by Crippen LogP contribution is 2.62. The molecule has 0 bridgehead atoms. The summed E-state index contributed by atoms with van der Waals surface area (Å²) in [7, 11) is 0. The Morgan fingerprint density at radius 3 is 1.54 bits per heavy atom. The molecule has 6 aromatic carbocycles. The number of rotatable bonds is 4. The second-order valence-electron chi connectivity index (χ2n) is 12.8. The highest BCUT2D eigenvalue weighted by molar-refractivity contribution is 7.99. The quantitative estimate of drug-likeness (QED) is 0.189. The van der Waals surface area contributed by atoms with E-state index in [1.807, 2.05) is 54.4 Å². The molecule has 10 rings (SSSR count). The van der Waals surface area contributed by atoms with Crippen LogP contribution >= 0.6 is 11.8 Å². The maximum Gasteiger partial charge on any atom is 0.161 e. The Bertz CT molecular complexity index is 2460. The molecule has 3 nitrogen and oxygen atoms in total. The number of nitrogens with zero attached hydrogens (tertiary/aromatic N) is 3. The fourth-order valence-corrected chi connectivity index (χ4v) is 8.98. The third-order valence-electron chi connectivity index (χ3n) is 10.0. The van der Waals surface area contributed by atoms with Crippen LogP contribution < -0.4 is 0 Å². The first kappa shape index (κ1) is 28.9. The molecule has 8 aromatic rings. The highest BCUT2D eigenvalue weighted by atomic mass is 32.2. The van der Waals surface area contributed by atoms with Gasteiger partial charge in [0.05, 0.1) is 22.5 Å². The van der Waals surface area contributed by atoms with E-state index in [1.165, 1.54) is 43.2 Å². The average molecular weight is 656 g/mol. The molecule has 50 heavy (non-hydrogen) atoms. The fourth-order valence-electron chi connectivity index (χ4n) is 7.80. The lowest BCUT2D eigenvalue weighted by Gasteiger charge is -2.39. The van der Waals surface area contributed by atoms with E-state index < -0.39 is 5.41 Å². The van der Waals surface area contributed by atoms with Crippen molar-refractivity contribution >= 4 is 11.8 Å². The molecule has 0 fully saturated rings. The largest absolute Gasteiger partial charge is 0.255 e. The minimum absolute atomic E-state index is 0.417. The van der Waals surface area contributed by atoms with Gasteiger partial charge in [0.15, 0.2) is 5.82 Å². The van der Waals surface area contributed by atoms with Crippen molar-refractivity contribution in [2.24, 2.45) is 0 Å². The maximum atomic E-state index is 5.04. The predicted molar refractivity (Wildman–Crippen MR) is 203 cm³/mol. The fraction of sp³-hybridized carbons (Fsp3) is 0.0217. The van der Waals surface area contributed by atoms with Gasteiger partial charge < -0.3 is 0 Å². The third-order valence-corrected chi connectivity index (χ3v) is 11.2. The SMILES string of the molecule is c1ccc(-c2cc(-c3ccccc3)nc(-c3ccc(-c4ccc5c(c4)C4(c6ccccc6S5)c5ccccc5-c5ccccc54)nc3)n2)cc1. The lowest BCUT2D eigenvalue weighted by molar-refractivity contribution is 0.722. The molecular weight excluding hydrogens is 627 g/mol. The van der Waals surface area contributed by atoms with Crippen LogP contribution in [0, 0.1) is 0 Å². The van der Waals surface area contributed by atoms with Crippen molar-refractivity contribution in [3.63, 3.8) is 0 Å². The van der Waals surface area contributed by atoms with E-state index in [2.05, 4.69) is 133 Å². The van der Waals surface area contributed by atoms with Crippen molar-refractivity contribution in [2.75, 3.05) is 0 Å². The molecule has 1 aliphatic heterocycles. The summed E-state index contributed by atoms with van der Waals surface area (Å²) in [5, 5.41) is 0. The first-order valence-corrected chi connectivity index (χ1v) is 17.7. The number of pyridine rings is 1. The van der Waals surface area contributed by atoms with Crippen LogP contribution in [0.1, 0.15) is 22.3 Å². The van der Waals surface area contributed by atoms with Gasteiger partial charge in [-0.15, -0.1) is 0 Å². The first-order valence-electron chi connectivity index (χ1n) is 16.9. The summed E-state index contributed by atoms with van der Waals surface area (Å²) in [4.78, 5) is 17.6. The molecule has 0 saturated heterocycles. The normalized spacial score (nSPS) is 13.3. The van der Waals surface area contributed by atoms with Gasteiger partial charge in [0, 0.05) is 38.2 Å². The zero-order chi connectivity index (χ0) is 33.1. The van der Waals surface area contributed by atoms with Gasteiger partial charge >= 0.3 is 0 Å². The zero-order valence-electron chi connectivity index (χ0n) is 27.0. The molecule has 3 heterocycles. The smallest absolute Gasteiger partial charge is 0.161 e. The second-order valence-corrected chi connectivity index (χ2v) is 13.9. The lowest BCUT2D eigenvalue weighted by atomic mass is 9.67. The molecule has 2 aromatic heterocycles. The predicted octanol–water partition coefficient (Wildman–Crippen LogP) is 11.4. The Hall–Kier alpha value is -6.10. The molecule has 0 unspecified atom stereocenters. The molecule has 2 aliphatic rings. The summed E-state index contributed by atoms with van der Waals surface area (Å²) >= 11 is 1.86. The minimum atomic E-state index is -0.417. The van der Waals surface area contributed by atoms with Gasteiger partial charge in [0.2, 0.25) is 0 Å². The van der Waals surface area contributed by atoms with Crippen molar-refractivity contribution in [2.45, 2.75) is 15.2 Å². The molecule has 0 N–H and O–H groups in total. The van der Waals surface area contributed by atoms with Gasteiger partial charge in [-0.3, -0.25) is 4.98 Å². The molecule has 1 spiro atoms. The van der Waals surface area contributed by atoms with Gasteiger partial charge in [-0.2, -0.15) is 0 Å². The number of hydrogen-bond donors (Lipinski definition) is 0. The van der Waals surface area contributed by atoms with Crippen LogP contribution in [0.3, 0.4) is 0 Å². The van der Waals surface area contributed by atoms with Crippen molar-refractivity contribution in [1.82, 2.24) is 15.0 Å². The summed E-state index contributed by atoms with van der Waals surface area (Å²) in [5.74, 6) is 0.654. The number of hydrogen-bond acceptors (Lipinski definition) is 4. The van der Waals surface area contributed by atoms with E-state index in [4.69, 9.17) is 15.0 Å².